The Kier molecular flexibility index (Phi) is 0.961. The molecule has 2 saturated carbocycles. The van der Waals surface area contributed by atoms with Crippen molar-refractivity contribution >= 4 is 5.78 Å². The molecule has 3 aliphatic rings. The van der Waals surface area contributed by atoms with E-state index in [0.717, 1.165) is 24.2 Å². The molecule has 0 radical (unpaired) electrons. The van der Waals surface area contributed by atoms with Crippen LogP contribution in [0.5, 0.6) is 0 Å². The summed E-state index contributed by atoms with van der Waals surface area (Å²) >= 11 is 0. The molecule has 4 atom stereocenters. The number of rotatable bonds is 0. The van der Waals surface area contributed by atoms with Gasteiger partial charge in [-0.1, -0.05) is 12.2 Å². The first kappa shape index (κ1) is 5.99. The van der Waals surface area contributed by atoms with Gasteiger partial charge in [0, 0.05) is 12.3 Å². The van der Waals surface area contributed by atoms with Crippen molar-refractivity contribution in [1.82, 2.24) is 0 Å². The fourth-order valence-electron chi connectivity index (χ4n) is 3.29. The second-order valence-electron chi connectivity index (χ2n) is 4.18. The van der Waals surface area contributed by atoms with Gasteiger partial charge < -0.3 is 0 Å². The lowest BCUT2D eigenvalue weighted by Crippen LogP contribution is -2.24. The highest BCUT2D eigenvalue weighted by molar-refractivity contribution is 5.85. The maximum atomic E-state index is 11.4. The Hall–Kier alpha value is -0.590. The summed E-state index contributed by atoms with van der Waals surface area (Å²) in [6.07, 6.45) is 7.89. The lowest BCUT2D eigenvalue weighted by molar-refractivity contribution is -0.123. The molecular weight excluding hydrogens is 136 g/mol. The van der Waals surface area contributed by atoms with Crippen molar-refractivity contribution in [2.75, 3.05) is 0 Å². The fraction of sp³-hybridized carbons (Fsp3) is 0.700. The predicted molar refractivity (Wildman–Crippen MR) is 42.0 cm³/mol. The molecule has 0 heterocycles. The normalized spacial score (nSPS) is 52.2. The Morgan fingerprint density at radius 3 is 3.27 bits per heavy atom. The number of hydrogen-bond donors (Lipinski definition) is 0. The highest BCUT2D eigenvalue weighted by Crippen LogP contribution is 2.54. The summed E-state index contributed by atoms with van der Waals surface area (Å²) in [7, 11) is 0. The smallest absolute Gasteiger partial charge is 0.136 e. The Morgan fingerprint density at radius 2 is 2.36 bits per heavy atom. The van der Waals surface area contributed by atoms with Gasteiger partial charge in [0.2, 0.25) is 0 Å². The summed E-state index contributed by atoms with van der Waals surface area (Å²) < 4.78 is 0. The van der Waals surface area contributed by atoms with E-state index in [-0.39, 0.29) is 0 Å². The van der Waals surface area contributed by atoms with E-state index in [4.69, 9.17) is 0 Å². The van der Waals surface area contributed by atoms with E-state index in [1.165, 1.54) is 12.8 Å². The second kappa shape index (κ2) is 1.77. The summed E-state index contributed by atoms with van der Waals surface area (Å²) in [6, 6.07) is 0. The molecule has 1 heteroatoms. The first-order valence-electron chi connectivity index (χ1n) is 4.55. The summed E-state index contributed by atoms with van der Waals surface area (Å²) in [5, 5.41) is 0. The molecule has 2 bridgehead atoms. The van der Waals surface area contributed by atoms with Crippen LogP contribution in [0.25, 0.3) is 0 Å². The highest BCUT2D eigenvalue weighted by Gasteiger charge is 2.51. The van der Waals surface area contributed by atoms with Crippen molar-refractivity contribution in [1.29, 1.82) is 0 Å². The Bertz CT molecular complexity index is 241. The van der Waals surface area contributed by atoms with Crippen LogP contribution in [0.3, 0.4) is 0 Å². The lowest BCUT2D eigenvalue weighted by Gasteiger charge is -2.22. The SMILES string of the molecule is O=C1CC2CC1[C@@H]1CC=C[C@H]21. The topological polar surface area (TPSA) is 17.1 Å². The maximum Gasteiger partial charge on any atom is 0.136 e. The van der Waals surface area contributed by atoms with Gasteiger partial charge in [0.25, 0.3) is 0 Å². The molecule has 2 unspecified atom stereocenters. The van der Waals surface area contributed by atoms with Crippen LogP contribution in [0.15, 0.2) is 12.2 Å². The quantitative estimate of drug-likeness (QED) is 0.479. The summed E-state index contributed by atoms with van der Waals surface area (Å²) in [5.74, 6) is 3.26. The van der Waals surface area contributed by atoms with Gasteiger partial charge in [-0.3, -0.25) is 4.79 Å². The number of carbonyl (C=O) groups excluding carboxylic acids is 1. The Morgan fingerprint density at radius 1 is 1.45 bits per heavy atom. The Balaban J connectivity index is 1.99. The molecule has 0 aliphatic heterocycles. The predicted octanol–water partition coefficient (Wildman–Crippen LogP) is 1.79. The van der Waals surface area contributed by atoms with E-state index in [1.54, 1.807) is 0 Å². The van der Waals surface area contributed by atoms with E-state index in [1.807, 2.05) is 0 Å². The molecule has 0 saturated heterocycles. The van der Waals surface area contributed by atoms with E-state index in [2.05, 4.69) is 12.2 Å². The van der Waals surface area contributed by atoms with Crippen molar-refractivity contribution in [3.05, 3.63) is 12.2 Å². The molecule has 0 N–H and O–H groups in total. The molecule has 0 aromatic carbocycles. The van der Waals surface area contributed by atoms with Crippen molar-refractivity contribution in [2.45, 2.75) is 19.3 Å². The van der Waals surface area contributed by atoms with Crippen molar-refractivity contribution < 1.29 is 4.79 Å². The highest BCUT2D eigenvalue weighted by atomic mass is 16.1. The van der Waals surface area contributed by atoms with Crippen LogP contribution >= 0.6 is 0 Å². The summed E-state index contributed by atoms with van der Waals surface area (Å²) in [4.78, 5) is 11.4. The molecule has 0 spiro atoms. The molecular formula is C10H12O. The number of ketones is 1. The summed E-state index contributed by atoms with van der Waals surface area (Å²) in [5.41, 5.74) is 0. The third kappa shape index (κ3) is 0.597. The number of Topliss-reactive ketones (excluding diaryl/α,β-unsaturated/α-hetero) is 1. The van der Waals surface area contributed by atoms with Crippen molar-refractivity contribution in [2.24, 2.45) is 23.7 Å². The van der Waals surface area contributed by atoms with E-state index in [9.17, 15) is 4.79 Å². The molecule has 2 fully saturated rings. The Labute approximate surface area is 66.5 Å². The van der Waals surface area contributed by atoms with Crippen LogP contribution in [0.2, 0.25) is 0 Å². The van der Waals surface area contributed by atoms with Crippen LogP contribution in [-0.2, 0) is 4.79 Å². The molecule has 0 amide bonds. The van der Waals surface area contributed by atoms with Gasteiger partial charge in [-0.15, -0.1) is 0 Å². The van der Waals surface area contributed by atoms with Crippen molar-refractivity contribution in [3.8, 4) is 0 Å². The molecule has 0 aromatic rings. The maximum absolute atomic E-state index is 11.4. The number of carbonyl (C=O) groups is 1. The standard InChI is InChI=1S/C10H12O/c11-10-5-6-4-9(10)8-3-1-2-7(6)8/h1-2,6-9H,3-5H2/t6?,7-,8-,9?/m1/s1. The minimum Gasteiger partial charge on any atom is -0.299 e. The van der Waals surface area contributed by atoms with Gasteiger partial charge in [-0.05, 0) is 30.6 Å². The van der Waals surface area contributed by atoms with Crippen LogP contribution in [0, 0.1) is 23.7 Å². The monoisotopic (exact) mass is 148 g/mol. The van der Waals surface area contributed by atoms with Crippen LogP contribution < -0.4 is 0 Å². The van der Waals surface area contributed by atoms with Gasteiger partial charge in [-0.2, -0.15) is 0 Å². The second-order valence-corrected chi connectivity index (χ2v) is 4.18. The molecule has 1 nitrogen and oxygen atoms in total. The van der Waals surface area contributed by atoms with Crippen LogP contribution in [-0.4, -0.2) is 5.78 Å². The van der Waals surface area contributed by atoms with E-state index >= 15 is 0 Å². The first-order chi connectivity index (χ1) is 5.36. The van der Waals surface area contributed by atoms with Gasteiger partial charge in [0.05, 0.1) is 0 Å². The van der Waals surface area contributed by atoms with Gasteiger partial charge >= 0.3 is 0 Å². The first-order valence-corrected chi connectivity index (χ1v) is 4.55. The summed E-state index contributed by atoms with van der Waals surface area (Å²) in [6.45, 7) is 0. The molecule has 11 heavy (non-hydrogen) atoms. The molecule has 3 aliphatic carbocycles. The molecule has 0 aromatic heterocycles. The minimum atomic E-state index is 0.458. The average Bonchev–Trinajstić information content (AvgIpc) is 2.52. The third-order valence-electron chi connectivity index (χ3n) is 3.76. The zero-order valence-electron chi connectivity index (χ0n) is 6.49. The molecule has 58 valence electrons. The average molecular weight is 148 g/mol. The number of fused-ring (bicyclic) bond motifs is 5. The third-order valence-corrected chi connectivity index (χ3v) is 3.76. The van der Waals surface area contributed by atoms with Gasteiger partial charge in [0.1, 0.15) is 5.78 Å². The van der Waals surface area contributed by atoms with E-state index < -0.39 is 0 Å². The number of allylic oxidation sites excluding steroid dienone is 2. The zero-order valence-corrected chi connectivity index (χ0v) is 6.49. The van der Waals surface area contributed by atoms with Crippen LogP contribution in [0.4, 0.5) is 0 Å². The zero-order chi connectivity index (χ0) is 7.42. The van der Waals surface area contributed by atoms with E-state index in [0.29, 0.717) is 11.7 Å². The van der Waals surface area contributed by atoms with Crippen molar-refractivity contribution in [3.63, 3.8) is 0 Å². The minimum absolute atomic E-state index is 0.458. The van der Waals surface area contributed by atoms with Gasteiger partial charge in [0.15, 0.2) is 0 Å². The fourth-order valence-corrected chi connectivity index (χ4v) is 3.29. The largest absolute Gasteiger partial charge is 0.299 e. The van der Waals surface area contributed by atoms with Gasteiger partial charge in [-0.25, -0.2) is 0 Å². The lowest BCUT2D eigenvalue weighted by atomic mass is 9.81. The van der Waals surface area contributed by atoms with Crippen LogP contribution in [0.1, 0.15) is 19.3 Å². The number of hydrogen-bond acceptors (Lipinski definition) is 1. The molecule has 3 rings (SSSR count).